The van der Waals surface area contributed by atoms with E-state index >= 15 is 0 Å². The summed E-state index contributed by atoms with van der Waals surface area (Å²) < 4.78 is 0. The zero-order valence-corrected chi connectivity index (χ0v) is 13.9. The molecule has 0 radical (unpaired) electrons. The molecule has 1 aromatic heterocycles. The highest BCUT2D eigenvalue weighted by atomic mass is 32.2. The van der Waals surface area contributed by atoms with Crippen LogP contribution in [0.4, 0.5) is 0 Å². The van der Waals surface area contributed by atoms with E-state index in [0.717, 1.165) is 23.6 Å². The van der Waals surface area contributed by atoms with Crippen LogP contribution >= 0.6 is 23.1 Å². The van der Waals surface area contributed by atoms with Gasteiger partial charge >= 0.3 is 0 Å². The predicted octanol–water partition coefficient (Wildman–Crippen LogP) is 4.78. The van der Waals surface area contributed by atoms with Gasteiger partial charge in [0.05, 0.1) is 11.2 Å². The molecule has 2 aromatic rings. The smallest absolute Gasteiger partial charge is 0.114 e. The number of aromatic nitrogens is 1. The van der Waals surface area contributed by atoms with Gasteiger partial charge in [0.25, 0.3) is 0 Å². The average molecular weight is 316 g/mol. The minimum atomic E-state index is -0.195. The first kappa shape index (κ1) is 13.8. The van der Waals surface area contributed by atoms with E-state index in [2.05, 4.69) is 31.2 Å². The van der Waals surface area contributed by atoms with Crippen LogP contribution in [-0.4, -0.2) is 4.98 Å². The maximum absolute atomic E-state index is 6.74. The maximum Gasteiger partial charge on any atom is 0.114 e. The van der Waals surface area contributed by atoms with Gasteiger partial charge in [0.1, 0.15) is 5.01 Å². The second-order valence-electron chi connectivity index (χ2n) is 6.43. The molecular formula is C17H20N2S2. The summed E-state index contributed by atoms with van der Waals surface area (Å²) in [6.07, 6.45) is 4.70. The second kappa shape index (κ2) is 5.11. The van der Waals surface area contributed by atoms with E-state index < -0.39 is 0 Å². The Hall–Kier alpha value is -0.840. The van der Waals surface area contributed by atoms with Gasteiger partial charge in [-0.05, 0) is 24.8 Å². The van der Waals surface area contributed by atoms with E-state index in [1.54, 1.807) is 0 Å². The minimum absolute atomic E-state index is 0.195. The van der Waals surface area contributed by atoms with Crippen LogP contribution in [0.5, 0.6) is 0 Å². The largest absolute Gasteiger partial charge is 0.319 e. The number of hydrogen-bond donors (Lipinski definition) is 1. The van der Waals surface area contributed by atoms with Crippen molar-refractivity contribution in [2.45, 2.75) is 48.8 Å². The number of fused-ring (bicyclic) bond motifs is 3. The zero-order chi connectivity index (χ0) is 14.4. The van der Waals surface area contributed by atoms with Crippen LogP contribution in [-0.2, 0) is 11.3 Å². The van der Waals surface area contributed by atoms with Gasteiger partial charge < -0.3 is 5.73 Å². The summed E-state index contributed by atoms with van der Waals surface area (Å²) in [5, 5.41) is 1.16. The van der Waals surface area contributed by atoms with Gasteiger partial charge in [-0.3, -0.25) is 0 Å². The van der Waals surface area contributed by atoms with Gasteiger partial charge in [0.15, 0.2) is 0 Å². The molecule has 0 amide bonds. The van der Waals surface area contributed by atoms with E-state index in [0.29, 0.717) is 5.92 Å². The number of rotatable bonds is 1. The van der Waals surface area contributed by atoms with Crippen molar-refractivity contribution in [2.24, 2.45) is 11.7 Å². The molecule has 21 heavy (non-hydrogen) atoms. The number of nitrogens with zero attached hydrogens (tertiary/aromatic N) is 1. The number of nitrogens with two attached hydrogens (primary N) is 1. The highest BCUT2D eigenvalue weighted by molar-refractivity contribution is 7.98. The first-order valence-corrected chi connectivity index (χ1v) is 9.47. The number of thiazole rings is 1. The summed E-state index contributed by atoms with van der Waals surface area (Å²) in [7, 11) is 0. The molecule has 2 nitrogen and oxygen atoms in total. The Morgan fingerprint density at radius 3 is 3.05 bits per heavy atom. The van der Waals surface area contributed by atoms with Gasteiger partial charge in [-0.1, -0.05) is 38.0 Å². The summed E-state index contributed by atoms with van der Waals surface area (Å²) in [5.41, 5.74) is 9.03. The maximum atomic E-state index is 6.74. The number of hydrogen-bond acceptors (Lipinski definition) is 4. The summed E-state index contributed by atoms with van der Waals surface area (Å²) in [6, 6.07) is 8.60. The van der Waals surface area contributed by atoms with Crippen LogP contribution in [0.15, 0.2) is 29.2 Å². The molecule has 2 heterocycles. The van der Waals surface area contributed by atoms with Gasteiger partial charge in [0, 0.05) is 21.1 Å². The van der Waals surface area contributed by atoms with Crippen molar-refractivity contribution in [3.63, 3.8) is 0 Å². The van der Waals surface area contributed by atoms with Crippen molar-refractivity contribution < 1.29 is 0 Å². The molecule has 1 aliphatic heterocycles. The van der Waals surface area contributed by atoms with Crippen molar-refractivity contribution in [3.05, 3.63) is 34.2 Å². The Bertz CT molecular complexity index is 679. The fourth-order valence-corrected chi connectivity index (χ4v) is 5.93. The minimum Gasteiger partial charge on any atom is -0.319 e. The molecule has 0 spiro atoms. The zero-order valence-electron chi connectivity index (χ0n) is 12.3. The average Bonchev–Trinajstić information content (AvgIpc) is 2.92. The number of benzene rings is 1. The monoisotopic (exact) mass is 316 g/mol. The van der Waals surface area contributed by atoms with Crippen molar-refractivity contribution >= 4 is 23.1 Å². The van der Waals surface area contributed by atoms with Crippen molar-refractivity contribution in [1.82, 2.24) is 4.98 Å². The normalized spacial score (nSPS) is 28.0. The lowest BCUT2D eigenvalue weighted by Gasteiger charge is -2.35. The summed E-state index contributed by atoms with van der Waals surface area (Å²) in [4.78, 5) is 7.75. The SMILES string of the molecule is CC1CCCC(N)(c2nc3c(s2)CSc2ccccc2-3)C1. The fourth-order valence-electron chi connectivity index (χ4n) is 3.59. The van der Waals surface area contributed by atoms with E-state index in [4.69, 9.17) is 10.7 Å². The molecule has 110 valence electrons. The molecule has 2 unspecified atom stereocenters. The molecule has 4 heteroatoms. The Kier molecular flexibility index (Phi) is 3.36. The quantitative estimate of drug-likeness (QED) is 0.823. The lowest BCUT2D eigenvalue weighted by Crippen LogP contribution is -2.40. The first-order chi connectivity index (χ1) is 10.2. The van der Waals surface area contributed by atoms with E-state index in [9.17, 15) is 0 Å². The van der Waals surface area contributed by atoms with Gasteiger partial charge in [0.2, 0.25) is 0 Å². The third kappa shape index (κ3) is 2.33. The standard InChI is InChI=1S/C17H20N2S2/c1-11-5-4-8-17(18,9-11)16-19-15-12-6-2-3-7-13(12)20-10-14(15)21-16/h2-3,6-7,11H,4-5,8-10,18H2,1H3. The van der Waals surface area contributed by atoms with Crippen molar-refractivity contribution in [3.8, 4) is 11.3 Å². The van der Waals surface area contributed by atoms with E-state index in [-0.39, 0.29) is 5.54 Å². The molecule has 2 atom stereocenters. The molecule has 2 aliphatic rings. The molecule has 0 saturated heterocycles. The summed E-state index contributed by atoms with van der Waals surface area (Å²) in [5.74, 6) is 1.75. The van der Waals surface area contributed by atoms with Crippen LogP contribution in [0, 0.1) is 5.92 Å². The molecule has 1 fully saturated rings. The van der Waals surface area contributed by atoms with Gasteiger partial charge in [-0.15, -0.1) is 23.1 Å². The molecule has 2 N–H and O–H groups in total. The van der Waals surface area contributed by atoms with Crippen LogP contribution in [0.25, 0.3) is 11.3 Å². The van der Waals surface area contributed by atoms with Crippen LogP contribution < -0.4 is 5.73 Å². The van der Waals surface area contributed by atoms with Gasteiger partial charge in [-0.25, -0.2) is 4.98 Å². The fraction of sp³-hybridized carbons (Fsp3) is 0.471. The molecule has 1 saturated carbocycles. The molecule has 4 rings (SSSR count). The Morgan fingerprint density at radius 1 is 1.33 bits per heavy atom. The molecule has 0 bridgehead atoms. The molecular weight excluding hydrogens is 296 g/mol. The second-order valence-corrected chi connectivity index (χ2v) is 8.53. The van der Waals surface area contributed by atoms with Crippen LogP contribution in [0.3, 0.4) is 0 Å². The van der Waals surface area contributed by atoms with E-state index in [1.807, 2.05) is 23.1 Å². The van der Waals surface area contributed by atoms with Crippen molar-refractivity contribution in [2.75, 3.05) is 0 Å². The Labute approximate surface area is 134 Å². The predicted molar refractivity (Wildman–Crippen MR) is 90.6 cm³/mol. The first-order valence-electron chi connectivity index (χ1n) is 7.67. The third-order valence-electron chi connectivity index (χ3n) is 4.66. The lowest BCUT2D eigenvalue weighted by molar-refractivity contribution is 0.238. The molecule has 1 aromatic carbocycles. The topological polar surface area (TPSA) is 38.9 Å². The summed E-state index contributed by atoms with van der Waals surface area (Å²) >= 11 is 3.77. The Morgan fingerprint density at radius 2 is 2.19 bits per heavy atom. The summed E-state index contributed by atoms with van der Waals surface area (Å²) in [6.45, 7) is 2.32. The third-order valence-corrected chi connectivity index (χ3v) is 7.21. The van der Waals surface area contributed by atoms with Crippen molar-refractivity contribution in [1.29, 1.82) is 0 Å². The lowest BCUT2D eigenvalue weighted by atomic mass is 9.77. The van der Waals surface area contributed by atoms with Crippen LogP contribution in [0.2, 0.25) is 0 Å². The molecule has 1 aliphatic carbocycles. The number of thioether (sulfide) groups is 1. The highest BCUT2D eigenvalue weighted by Gasteiger charge is 2.37. The van der Waals surface area contributed by atoms with E-state index in [1.165, 1.54) is 33.9 Å². The van der Waals surface area contributed by atoms with Gasteiger partial charge in [-0.2, -0.15) is 0 Å². The highest BCUT2D eigenvalue weighted by Crippen LogP contribution is 2.47. The Balaban J connectivity index is 1.76. The van der Waals surface area contributed by atoms with Crippen LogP contribution in [0.1, 0.15) is 42.5 Å².